The van der Waals surface area contributed by atoms with E-state index in [9.17, 15) is 0 Å². The van der Waals surface area contributed by atoms with Gasteiger partial charge in [0.15, 0.2) is 0 Å². The predicted molar refractivity (Wildman–Crippen MR) is 78.2 cm³/mol. The first-order chi connectivity index (χ1) is 9.21. The van der Waals surface area contributed by atoms with Gasteiger partial charge in [-0.1, -0.05) is 32.6 Å². The van der Waals surface area contributed by atoms with E-state index in [4.69, 9.17) is 15.2 Å². The van der Waals surface area contributed by atoms with E-state index < -0.39 is 0 Å². The third-order valence-electron chi connectivity index (χ3n) is 5.15. The summed E-state index contributed by atoms with van der Waals surface area (Å²) in [5.41, 5.74) is 6.65. The highest BCUT2D eigenvalue weighted by molar-refractivity contribution is 4.94. The van der Waals surface area contributed by atoms with Crippen molar-refractivity contribution in [2.45, 2.75) is 82.5 Å². The smallest absolute Gasteiger partial charge is 0.0724 e. The minimum absolute atomic E-state index is 0.156. The minimum Gasteiger partial charge on any atom is -0.380 e. The van der Waals surface area contributed by atoms with Gasteiger partial charge in [0.2, 0.25) is 0 Å². The van der Waals surface area contributed by atoms with Crippen LogP contribution in [0, 0.1) is 5.92 Å². The van der Waals surface area contributed by atoms with Gasteiger partial charge in [0.1, 0.15) is 0 Å². The van der Waals surface area contributed by atoms with Gasteiger partial charge in [-0.05, 0) is 38.0 Å². The summed E-state index contributed by atoms with van der Waals surface area (Å²) in [5, 5.41) is 0. The van der Waals surface area contributed by atoms with Crippen molar-refractivity contribution in [3.05, 3.63) is 0 Å². The standard InChI is InChI=1S/C16H31NO2/c1-3-7-14(18-2)15(17)13-8-11-19-16(12-13)9-5-4-6-10-16/h13-15H,3-12,17H2,1-2H3. The lowest BCUT2D eigenvalue weighted by atomic mass is 9.73. The zero-order valence-electron chi connectivity index (χ0n) is 12.7. The molecule has 112 valence electrons. The fourth-order valence-electron chi connectivity index (χ4n) is 3.99. The Morgan fingerprint density at radius 3 is 2.68 bits per heavy atom. The Kier molecular flexibility index (Phi) is 5.67. The van der Waals surface area contributed by atoms with Crippen molar-refractivity contribution in [1.82, 2.24) is 0 Å². The Balaban J connectivity index is 1.95. The molecule has 19 heavy (non-hydrogen) atoms. The van der Waals surface area contributed by atoms with E-state index in [1.54, 1.807) is 7.11 Å². The molecule has 2 N–H and O–H groups in total. The van der Waals surface area contributed by atoms with Gasteiger partial charge in [-0.2, -0.15) is 0 Å². The first-order valence-electron chi connectivity index (χ1n) is 8.13. The van der Waals surface area contributed by atoms with E-state index in [2.05, 4.69) is 6.92 Å². The third kappa shape index (κ3) is 3.71. The normalized spacial score (nSPS) is 30.2. The highest BCUT2D eigenvalue weighted by Crippen LogP contribution is 2.41. The summed E-state index contributed by atoms with van der Waals surface area (Å²) in [4.78, 5) is 0. The van der Waals surface area contributed by atoms with E-state index in [-0.39, 0.29) is 17.7 Å². The predicted octanol–water partition coefficient (Wildman–Crippen LogP) is 3.26. The zero-order valence-corrected chi connectivity index (χ0v) is 12.7. The molecule has 3 nitrogen and oxygen atoms in total. The molecule has 0 aromatic carbocycles. The van der Waals surface area contributed by atoms with Gasteiger partial charge in [0, 0.05) is 19.8 Å². The number of rotatable bonds is 5. The molecular formula is C16H31NO2. The van der Waals surface area contributed by atoms with Crippen LogP contribution in [0.5, 0.6) is 0 Å². The second kappa shape index (κ2) is 7.05. The van der Waals surface area contributed by atoms with Crippen molar-refractivity contribution < 1.29 is 9.47 Å². The van der Waals surface area contributed by atoms with Crippen LogP contribution in [-0.2, 0) is 9.47 Å². The van der Waals surface area contributed by atoms with Gasteiger partial charge in [-0.3, -0.25) is 0 Å². The number of hydrogen-bond donors (Lipinski definition) is 1. The van der Waals surface area contributed by atoms with Crippen molar-refractivity contribution in [2.24, 2.45) is 11.7 Å². The third-order valence-corrected chi connectivity index (χ3v) is 5.15. The lowest BCUT2D eigenvalue weighted by Crippen LogP contribution is -2.50. The Morgan fingerprint density at radius 1 is 1.32 bits per heavy atom. The summed E-state index contributed by atoms with van der Waals surface area (Å²) >= 11 is 0. The first-order valence-corrected chi connectivity index (χ1v) is 8.13. The lowest BCUT2D eigenvalue weighted by Gasteiger charge is -2.46. The second-order valence-corrected chi connectivity index (χ2v) is 6.49. The molecule has 1 saturated heterocycles. The van der Waals surface area contributed by atoms with Crippen LogP contribution in [0.2, 0.25) is 0 Å². The van der Waals surface area contributed by atoms with Crippen LogP contribution in [0.1, 0.15) is 64.7 Å². The largest absolute Gasteiger partial charge is 0.380 e. The summed E-state index contributed by atoms with van der Waals surface area (Å²) < 4.78 is 11.8. The van der Waals surface area contributed by atoms with Crippen molar-refractivity contribution in [3.63, 3.8) is 0 Å². The van der Waals surface area contributed by atoms with E-state index in [1.807, 2.05) is 0 Å². The molecule has 0 bridgehead atoms. The molecule has 1 heterocycles. The van der Waals surface area contributed by atoms with Crippen LogP contribution in [0.4, 0.5) is 0 Å². The molecule has 2 fully saturated rings. The van der Waals surface area contributed by atoms with E-state index in [0.29, 0.717) is 5.92 Å². The molecule has 0 aromatic heterocycles. The van der Waals surface area contributed by atoms with Gasteiger partial charge in [-0.15, -0.1) is 0 Å². The average Bonchev–Trinajstić information content (AvgIpc) is 2.45. The van der Waals surface area contributed by atoms with Crippen LogP contribution in [0.3, 0.4) is 0 Å². The average molecular weight is 269 g/mol. The van der Waals surface area contributed by atoms with Crippen LogP contribution in [-0.4, -0.2) is 31.5 Å². The Morgan fingerprint density at radius 2 is 2.05 bits per heavy atom. The fraction of sp³-hybridized carbons (Fsp3) is 1.00. The highest BCUT2D eigenvalue weighted by atomic mass is 16.5. The summed E-state index contributed by atoms with van der Waals surface area (Å²) in [6.07, 6.45) is 11.2. The Labute approximate surface area is 118 Å². The molecule has 0 radical (unpaired) electrons. The lowest BCUT2D eigenvalue weighted by molar-refractivity contribution is -0.126. The molecular weight excluding hydrogens is 238 g/mol. The van der Waals surface area contributed by atoms with Crippen molar-refractivity contribution >= 4 is 0 Å². The molecule has 3 unspecified atom stereocenters. The second-order valence-electron chi connectivity index (χ2n) is 6.49. The zero-order chi connectivity index (χ0) is 13.7. The molecule has 2 aliphatic rings. The molecule has 0 aromatic rings. The van der Waals surface area contributed by atoms with Gasteiger partial charge in [-0.25, -0.2) is 0 Å². The van der Waals surface area contributed by atoms with Crippen molar-refractivity contribution in [2.75, 3.05) is 13.7 Å². The summed E-state index contributed by atoms with van der Waals surface area (Å²) in [5.74, 6) is 0.573. The summed E-state index contributed by atoms with van der Waals surface area (Å²) in [6, 6.07) is 0.174. The molecule has 1 aliphatic heterocycles. The Hall–Kier alpha value is -0.120. The number of hydrogen-bond acceptors (Lipinski definition) is 3. The monoisotopic (exact) mass is 269 g/mol. The summed E-state index contributed by atoms with van der Waals surface area (Å²) in [6.45, 7) is 3.09. The van der Waals surface area contributed by atoms with E-state index in [1.165, 1.54) is 32.1 Å². The quantitative estimate of drug-likeness (QED) is 0.833. The van der Waals surface area contributed by atoms with Crippen molar-refractivity contribution in [3.8, 4) is 0 Å². The van der Waals surface area contributed by atoms with Gasteiger partial charge in [0.05, 0.1) is 11.7 Å². The number of methoxy groups -OCH3 is 1. The van der Waals surface area contributed by atoms with Crippen LogP contribution < -0.4 is 5.73 Å². The maximum absolute atomic E-state index is 6.50. The molecule has 2 rings (SSSR count). The highest BCUT2D eigenvalue weighted by Gasteiger charge is 2.41. The number of ether oxygens (including phenoxy) is 2. The van der Waals surface area contributed by atoms with Gasteiger partial charge in [0.25, 0.3) is 0 Å². The first kappa shape index (κ1) is 15.3. The molecule has 1 aliphatic carbocycles. The van der Waals surface area contributed by atoms with Gasteiger partial charge >= 0.3 is 0 Å². The maximum Gasteiger partial charge on any atom is 0.0724 e. The van der Waals surface area contributed by atoms with E-state index in [0.717, 1.165) is 32.3 Å². The topological polar surface area (TPSA) is 44.5 Å². The van der Waals surface area contributed by atoms with E-state index >= 15 is 0 Å². The maximum atomic E-state index is 6.50. The molecule has 1 saturated carbocycles. The molecule has 1 spiro atoms. The molecule has 0 amide bonds. The SMILES string of the molecule is CCCC(OC)C(N)C1CCOC2(CCCCC2)C1. The van der Waals surface area contributed by atoms with Gasteiger partial charge < -0.3 is 15.2 Å². The van der Waals surface area contributed by atoms with Crippen LogP contribution in [0.25, 0.3) is 0 Å². The fourth-order valence-corrected chi connectivity index (χ4v) is 3.99. The van der Waals surface area contributed by atoms with Crippen molar-refractivity contribution in [1.29, 1.82) is 0 Å². The number of nitrogens with two attached hydrogens (primary N) is 1. The Bertz CT molecular complexity index is 258. The molecule has 3 heteroatoms. The van der Waals surface area contributed by atoms with Crippen LogP contribution in [0.15, 0.2) is 0 Å². The molecule has 3 atom stereocenters. The minimum atomic E-state index is 0.156. The van der Waals surface area contributed by atoms with Crippen LogP contribution >= 0.6 is 0 Å². The summed E-state index contributed by atoms with van der Waals surface area (Å²) in [7, 11) is 1.80.